The molecule has 1 aromatic carbocycles. The summed E-state index contributed by atoms with van der Waals surface area (Å²) in [5.74, 6) is 1.45. The number of amides is 1. The van der Waals surface area contributed by atoms with Crippen molar-refractivity contribution in [1.29, 1.82) is 0 Å². The van der Waals surface area contributed by atoms with E-state index in [9.17, 15) is 9.18 Å². The van der Waals surface area contributed by atoms with Crippen molar-refractivity contribution >= 4 is 29.1 Å². The summed E-state index contributed by atoms with van der Waals surface area (Å²) in [6, 6.07) is 8.68. The number of carbonyl (C=O) groups excluding carboxylic acids is 1. The standard InChI is InChI=1S/C22H28ClFN6O/c1-27-8-10-28(11-9-27)20-5-6-21(26-25-20)29-12-14-30(15-13-29)22(31)7-3-17-2-4-19(24)18(23)16-17/h2,4-6,16H,3,7-15H2,1H3. The van der Waals surface area contributed by atoms with E-state index < -0.39 is 5.82 Å². The fraction of sp³-hybridized carbons (Fsp3) is 0.500. The van der Waals surface area contributed by atoms with Crippen LogP contribution in [-0.2, 0) is 11.2 Å². The Balaban J connectivity index is 1.25. The zero-order chi connectivity index (χ0) is 21.8. The van der Waals surface area contributed by atoms with Gasteiger partial charge in [0.1, 0.15) is 5.82 Å². The van der Waals surface area contributed by atoms with Gasteiger partial charge in [-0.1, -0.05) is 17.7 Å². The largest absolute Gasteiger partial charge is 0.353 e. The molecule has 2 saturated heterocycles. The van der Waals surface area contributed by atoms with E-state index in [-0.39, 0.29) is 10.9 Å². The van der Waals surface area contributed by atoms with Gasteiger partial charge in [-0.3, -0.25) is 4.79 Å². The van der Waals surface area contributed by atoms with Gasteiger partial charge >= 0.3 is 0 Å². The third-order valence-electron chi connectivity index (χ3n) is 6.03. The molecule has 0 atom stereocenters. The summed E-state index contributed by atoms with van der Waals surface area (Å²) < 4.78 is 13.3. The molecule has 0 spiro atoms. The lowest BCUT2D eigenvalue weighted by atomic mass is 10.1. The first-order chi connectivity index (χ1) is 15.0. The Morgan fingerprint density at radius 3 is 2.06 bits per heavy atom. The molecule has 2 fully saturated rings. The molecule has 9 heteroatoms. The van der Waals surface area contributed by atoms with Crippen molar-refractivity contribution in [3.05, 3.63) is 46.7 Å². The Labute approximate surface area is 187 Å². The topological polar surface area (TPSA) is 55.8 Å². The quantitative estimate of drug-likeness (QED) is 0.702. The van der Waals surface area contributed by atoms with E-state index in [2.05, 4.69) is 31.9 Å². The van der Waals surface area contributed by atoms with Crippen LogP contribution in [0.5, 0.6) is 0 Å². The Hall–Kier alpha value is -2.45. The number of nitrogens with zero attached hydrogens (tertiary/aromatic N) is 6. The molecule has 0 saturated carbocycles. The van der Waals surface area contributed by atoms with E-state index in [0.717, 1.165) is 56.5 Å². The fourth-order valence-corrected chi connectivity index (χ4v) is 4.18. The normalized spacial score (nSPS) is 17.8. The molecule has 4 rings (SSSR count). The summed E-state index contributed by atoms with van der Waals surface area (Å²) in [5, 5.41) is 8.96. The monoisotopic (exact) mass is 446 g/mol. The Morgan fingerprint density at radius 2 is 1.52 bits per heavy atom. The molecule has 0 radical (unpaired) electrons. The maximum absolute atomic E-state index is 13.3. The van der Waals surface area contributed by atoms with Crippen LogP contribution in [0.15, 0.2) is 30.3 Å². The number of aromatic nitrogens is 2. The summed E-state index contributed by atoms with van der Waals surface area (Å²) >= 11 is 5.82. The van der Waals surface area contributed by atoms with Crippen LogP contribution in [0, 0.1) is 5.82 Å². The van der Waals surface area contributed by atoms with E-state index in [1.165, 1.54) is 6.07 Å². The van der Waals surface area contributed by atoms with Gasteiger partial charge in [0.05, 0.1) is 5.02 Å². The SMILES string of the molecule is CN1CCN(c2ccc(N3CCN(C(=O)CCc4ccc(F)c(Cl)c4)CC3)nn2)CC1. The van der Waals surface area contributed by atoms with Gasteiger partial charge in [0.15, 0.2) is 11.6 Å². The maximum Gasteiger partial charge on any atom is 0.223 e. The molecule has 1 aromatic heterocycles. The first kappa shape index (κ1) is 21.8. The summed E-state index contributed by atoms with van der Waals surface area (Å²) in [4.78, 5) is 21.2. The fourth-order valence-electron chi connectivity index (χ4n) is 3.98. The minimum absolute atomic E-state index is 0.0957. The molecule has 7 nitrogen and oxygen atoms in total. The summed E-state index contributed by atoms with van der Waals surface area (Å²) in [7, 11) is 2.13. The minimum atomic E-state index is -0.437. The first-order valence-electron chi connectivity index (χ1n) is 10.7. The lowest BCUT2D eigenvalue weighted by Gasteiger charge is -2.36. The molecular weight excluding hydrogens is 419 g/mol. The van der Waals surface area contributed by atoms with Gasteiger partial charge in [-0.25, -0.2) is 4.39 Å². The summed E-state index contributed by atoms with van der Waals surface area (Å²) in [6.45, 7) is 6.79. The van der Waals surface area contributed by atoms with E-state index >= 15 is 0 Å². The number of hydrogen-bond donors (Lipinski definition) is 0. The predicted octanol–water partition coefficient (Wildman–Crippen LogP) is 2.30. The molecule has 0 aliphatic carbocycles. The van der Waals surface area contributed by atoms with Gasteiger partial charge in [-0.15, -0.1) is 10.2 Å². The molecule has 31 heavy (non-hydrogen) atoms. The van der Waals surface area contributed by atoms with E-state index in [1.54, 1.807) is 12.1 Å². The van der Waals surface area contributed by atoms with Crippen molar-refractivity contribution in [3.8, 4) is 0 Å². The van der Waals surface area contributed by atoms with Crippen molar-refractivity contribution in [1.82, 2.24) is 20.0 Å². The number of likely N-dealkylation sites (N-methyl/N-ethyl adjacent to an activating group) is 1. The smallest absolute Gasteiger partial charge is 0.223 e. The van der Waals surface area contributed by atoms with E-state index in [1.807, 2.05) is 17.0 Å². The van der Waals surface area contributed by atoms with Crippen LogP contribution < -0.4 is 9.80 Å². The molecular formula is C22H28ClFN6O. The second kappa shape index (κ2) is 9.78. The van der Waals surface area contributed by atoms with Crippen molar-refractivity contribution in [2.75, 3.05) is 69.2 Å². The average molecular weight is 447 g/mol. The van der Waals surface area contributed by atoms with Crippen molar-refractivity contribution in [2.24, 2.45) is 0 Å². The highest BCUT2D eigenvalue weighted by atomic mass is 35.5. The van der Waals surface area contributed by atoms with E-state index in [0.29, 0.717) is 25.9 Å². The highest BCUT2D eigenvalue weighted by Gasteiger charge is 2.22. The van der Waals surface area contributed by atoms with Crippen LogP contribution in [0.25, 0.3) is 0 Å². The maximum atomic E-state index is 13.3. The summed E-state index contributed by atoms with van der Waals surface area (Å²) in [5.41, 5.74) is 0.870. The molecule has 2 aromatic rings. The number of benzene rings is 1. The van der Waals surface area contributed by atoms with E-state index in [4.69, 9.17) is 11.6 Å². The second-order valence-corrected chi connectivity index (χ2v) is 8.56. The van der Waals surface area contributed by atoms with Gasteiger partial charge < -0.3 is 19.6 Å². The van der Waals surface area contributed by atoms with Crippen LogP contribution in [0.1, 0.15) is 12.0 Å². The molecule has 166 valence electrons. The first-order valence-corrected chi connectivity index (χ1v) is 11.1. The summed E-state index contributed by atoms with van der Waals surface area (Å²) in [6.07, 6.45) is 0.944. The molecule has 2 aliphatic heterocycles. The van der Waals surface area contributed by atoms with Crippen molar-refractivity contribution in [2.45, 2.75) is 12.8 Å². The third kappa shape index (κ3) is 5.43. The molecule has 0 unspecified atom stereocenters. The number of rotatable bonds is 5. The van der Waals surface area contributed by atoms with Gasteiger partial charge in [0.2, 0.25) is 5.91 Å². The third-order valence-corrected chi connectivity index (χ3v) is 6.32. The predicted molar refractivity (Wildman–Crippen MR) is 120 cm³/mol. The molecule has 0 bridgehead atoms. The zero-order valence-electron chi connectivity index (χ0n) is 17.8. The van der Waals surface area contributed by atoms with Gasteiger partial charge in [0.25, 0.3) is 0 Å². The molecule has 2 aliphatic rings. The average Bonchev–Trinajstić information content (AvgIpc) is 2.80. The van der Waals surface area contributed by atoms with Crippen LogP contribution in [-0.4, -0.2) is 85.3 Å². The lowest BCUT2D eigenvalue weighted by Crippen LogP contribution is -2.49. The molecule has 0 N–H and O–H groups in total. The van der Waals surface area contributed by atoms with Gasteiger partial charge in [0, 0.05) is 58.8 Å². The van der Waals surface area contributed by atoms with Crippen LogP contribution >= 0.6 is 11.6 Å². The number of piperazine rings is 2. The van der Waals surface area contributed by atoms with Crippen LogP contribution in [0.3, 0.4) is 0 Å². The highest BCUT2D eigenvalue weighted by Crippen LogP contribution is 2.19. The molecule has 3 heterocycles. The van der Waals surface area contributed by atoms with Gasteiger partial charge in [-0.05, 0) is 43.3 Å². The second-order valence-electron chi connectivity index (χ2n) is 8.16. The lowest BCUT2D eigenvalue weighted by molar-refractivity contribution is -0.131. The molecule has 1 amide bonds. The number of anilines is 2. The highest BCUT2D eigenvalue weighted by molar-refractivity contribution is 6.30. The number of halogens is 2. The minimum Gasteiger partial charge on any atom is -0.353 e. The zero-order valence-corrected chi connectivity index (χ0v) is 18.6. The Bertz CT molecular complexity index is 895. The number of aryl methyl sites for hydroxylation is 1. The van der Waals surface area contributed by atoms with Crippen molar-refractivity contribution < 1.29 is 9.18 Å². The van der Waals surface area contributed by atoms with Crippen LogP contribution in [0.2, 0.25) is 5.02 Å². The number of hydrogen-bond acceptors (Lipinski definition) is 6. The number of carbonyl (C=O) groups is 1. The van der Waals surface area contributed by atoms with Crippen molar-refractivity contribution in [3.63, 3.8) is 0 Å². The van der Waals surface area contributed by atoms with Gasteiger partial charge in [-0.2, -0.15) is 0 Å². The Kier molecular flexibility index (Phi) is 6.87. The Morgan fingerprint density at radius 1 is 0.935 bits per heavy atom. The van der Waals surface area contributed by atoms with Crippen LogP contribution in [0.4, 0.5) is 16.0 Å².